The average molecular weight is 221 g/mol. The highest BCUT2D eigenvalue weighted by Crippen LogP contribution is 2.50. The van der Waals surface area contributed by atoms with Gasteiger partial charge in [0.05, 0.1) is 0 Å². The van der Waals surface area contributed by atoms with Crippen molar-refractivity contribution >= 4 is 23.2 Å². The van der Waals surface area contributed by atoms with E-state index < -0.39 is 16.7 Å². The Bertz CT molecular complexity index is 127. The van der Waals surface area contributed by atoms with Gasteiger partial charge in [0.1, 0.15) is 0 Å². The van der Waals surface area contributed by atoms with Crippen LogP contribution in [0, 0.1) is 0 Å². The molecule has 0 aromatic carbocycles. The van der Waals surface area contributed by atoms with Crippen LogP contribution < -0.4 is 0 Å². The van der Waals surface area contributed by atoms with Crippen molar-refractivity contribution in [3.63, 3.8) is 0 Å². The highest BCUT2D eigenvalue weighted by Gasteiger charge is 2.70. The molecule has 1 atom stereocenters. The van der Waals surface area contributed by atoms with Crippen molar-refractivity contribution in [2.24, 2.45) is 0 Å². The first-order valence-electron chi connectivity index (χ1n) is 2.01. The van der Waals surface area contributed by atoms with Gasteiger partial charge in [-0.2, -0.15) is 22.0 Å². The molecule has 0 heterocycles. The number of rotatable bonds is 1. The molecule has 0 bridgehead atoms. The molecular weight excluding hydrogens is 221 g/mol. The molecule has 0 unspecified atom stereocenters. The lowest BCUT2D eigenvalue weighted by Gasteiger charge is -2.24. The van der Waals surface area contributed by atoms with Crippen LogP contribution in [0.25, 0.3) is 0 Å². The molecule has 0 nitrogen and oxygen atoms in total. The van der Waals surface area contributed by atoms with Crippen LogP contribution in [0.1, 0.15) is 0 Å². The predicted octanol–water partition coefficient (Wildman–Crippen LogP) is 3.28. The van der Waals surface area contributed by atoms with Gasteiger partial charge < -0.3 is 0 Å². The normalized spacial score (nSPS) is 19.6. The van der Waals surface area contributed by atoms with Gasteiger partial charge in [-0.25, -0.2) is 4.39 Å². The minimum Gasteiger partial charge on any atom is -0.207 e. The summed E-state index contributed by atoms with van der Waals surface area (Å²) in [4.78, 5) is 0. The van der Waals surface area contributed by atoms with Crippen LogP contribution >= 0.6 is 23.2 Å². The molecule has 0 amide bonds. The van der Waals surface area contributed by atoms with Crippen molar-refractivity contribution in [1.29, 1.82) is 0 Å². The van der Waals surface area contributed by atoms with E-state index in [4.69, 9.17) is 0 Å². The molecule has 0 aromatic rings. The number of hydrogen-bond acceptors (Lipinski definition) is 0. The summed E-state index contributed by atoms with van der Waals surface area (Å²) in [6, 6.07) is 0. The van der Waals surface area contributed by atoms with Gasteiger partial charge in [0.25, 0.3) is 0 Å². The Labute approximate surface area is 67.1 Å². The van der Waals surface area contributed by atoms with Crippen LogP contribution in [-0.2, 0) is 0 Å². The van der Waals surface area contributed by atoms with Gasteiger partial charge in [-0.15, -0.1) is 0 Å². The topological polar surface area (TPSA) is 0 Å². The largest absolute Gasteiger partial charge is 0.444 e. The second kappa shape index (κ2) is 2.58. The Morgan fingerprint density at radius 2 is 1.00 bits per heavy atom. The van der Waals surface area contributed by atoms with Gasteiger partial charge in [-0.3, -0.25) is 0 Å². The molecule has 0 aliphatic rings. The standard InChI is InChI=1S/C3Cl2F6/c4-1(6,2(5,7)8)3(9,10)11/t1-/m0/s1. The van der Waals surface area contributed by atoms with Crippen molar-refractivity contribution in [2.75, 3.05) is 0 Å². The third-order valence-electron chi connectivity index (χ3n) is 0.712. The average Bonchev–Trinajstić information content (AvgIpc) is 1.58. The van der Waals surface area contributed by atoms with Gasteiger partial charge >= 0.3 is 16.7 Å². The van der Waals surface area contributed by atoms with Crippen LogP contribution in [0.2, 0.25) is 0 Å². The quantitative estimate of drug-likeness (QED) is 0.470. The molecule has 0 saturated carbocycles. The van der Waals surface area contributed by atoms with Gasteiger partial charge in [0.2, 0.25) is 0 Å². The third-order valence-corrected chi connectivity index (χ3v) is 1.52. The molecule has 8 heteroatoms. The van der Waals surface area contributed by atoms with E-state index in [1.807, 2.05) is 0 Å². The van der Waals surface area contributed by atoms with Crippen LogP contribution in [0.4, 0.5) is 26.3 Å². The molecule has 0 fully saturated rings. The fourth-order valence-corrected chi connectivity index (χ4v) is 0.268. The van der Waals surface area contributed by atoms with E-state index in [0.29, 0.717) is 0 Å². The summed E-state index contributed by atoms with van der Waals surface area (Å²) in [5.41, 5.74) is 0. The maximum Gasteiger partial charge on any atom is 0.444 e. The Morgan fingerprint density at radius 1 is 0.727 bits per heavy atom. The van der Waals surface area contributed by atoms with Crippen molar-refractivity contribution < 1.29 is 26.3 Å². The predicted molar refractivity (Wildman–Crippen MR) is 26.5 cm³/mol. The van der Waals surface area contributed by atoms with E-state index in [1.54, 1.807) is 0 Å². The van der Waals surface area contributed by atoms with Crippen molar-refractivity contribution in [2.45, 2.75) is 16.7 Å². The second-order valence-corrected chi connectivity index (χ2v) is 2.57. The van der Waals surface area contributed by atoms with E-state index >= 15 is 0 Å². The summed E-state index contributed by atoms with van der Waals surface area (Å²) in [5, 5.41) is -10.4. The Balaban J connectivity index is 4.75. The zero-order valence-corrected chi connectivity index (χ0v) is 6.04. The molecule has 0 spiro atoms. The van der Waals surface area contributed by atoms with Gasteiger partial charge in [-0.05, 0) is 11.6 Å². The van der Waals surface area contributed by atoms with Crippen LogP contribution in [-0.4, -0.2) is 16.7 Å². The molecular formula is C3Cl2F6. The van der Waals surface area contributed by atoms with E-state index in [1.165, 1.54) is 0 Å². The summed E-state index contributed by atoms with van der Waals surface area (Å²) in [6.07, 6.45) is -5.90. The molecule has 68 valence electrons. The number of halogens is 8. The summed E-state index contributed by atoms with van der Waals surface area (Å²) < 4.78 is 68.7. The van der Waals surface area contributed by atoms with Gasteiger partial charge in [-0.1, -0.05) is 11.6 Å². The van der Waals surface area contributed by atoms with Crippen LogP contribution in [0.3, 0.4) is 0 Å². The van der Waals surface area contributed by atoms with E-state index in [-0.39, 0.29) is 0 Å². The number of hydrogen-bond donors (Lipinski definition) is 0. The molecule has 0 radical (unpaired) electrons. The first-order chi connectivity index (χ1) is 4.50. The first kappa shape index (κ1) is 11.2. The zero-order valence-electron chi connectivity index (χ0n) is 4.52. The van der Waals surface area contributed by atoms with Crippen molar-refractivity contribution in [3.05, 3.63) is 0 Å². The molecule has 0 aliphatic heterocycles. The summed E-state index contributed by atoms with van der Waals surface area (Å²) in [5.74, 6) is 0. The lowest BCUT2D eigenvalue weighted by molar-refractivity contribution is -0.243. The molecule has 0 aliphatic carbocycles. The van der Waals surface area contributed by atoms with E-state index in [9.17, 15) is 26.3 Å². The van der Waals surface area contributed by atoms with Gasteiger partial charge in [0, 0.05) is 0 Å². The molecule has 0 rings (SSSR count). The maximum atomic E-state index is 11.9. The van der Waals surface area contributed by atoms with E-state index in [2.05, 4.69) is 23.2 Å². The van der Waals surface area contributed by atoms with E-state index in [0.717, 1.165) is 0 Å². The summed E-state index contributed by atoms with van der Waals surface area (Å²) >= 11 is 7.56. The highest BCUT2D eigenvalue weighted by molar-refractivity contribution is 6.32. The fraction of sp³-hybridized carbons (Fsp3) is 1.00. The Kier molecular flexibility index (Phi) is 2.62. The Morgan fingerprint density at radius 3 is 1.00 bits per heavy atom. The van der Waals surface area contributed by atoms with Crippen molar-refractivity contribution in [1.82, 2.24) is 0 Å². The second-order valence-electron chi connectivity index (χ2n) is 1.57. The van der Waals surface area contributed by atoms with Crippen molar-refractivity contribution in [3.8, 4) is 0 Å². The minimum atomic E-state index is -5.90. The smallest absolute Gasteiger partial charge is 0.207 e. The molecule has 0 aromatic heterocycles. The minimum absolute atomic E-state index is 3.75. The number of alkyl halides is 8. The molecule has 0 saturated heterocycles. The van der Waals surface area contributed by atoms with Crippen LogP contribution in [0.5, 0.6) is 0 Å². The lowest BCUT2D eigenvalue weighted by Crippen LogP contribution is -2.47. The summed E-state index contributed by atoms with van der Waals surface area (Å²) in [7, 11) is 0. The lowest BCUT2D eigenvalue weighted by atomic mass is 10.4. The summed E-state index contributed by atoms with van der Waals surface area (Å²) in [6.45, 7) is 0. The molecule has 0 N–H and O–H groups in total. The third kappa shape index (κ3) is 2.05. The fourth-order valence-electron chi connectivity index (χ4n) is 0.161. The molecule has 11 heavy (non-hydrogen) atoms. The first-order valence-corrected chi connectivity index (χ1v) is 2.77. The highest BCUT2D eigenvalue weighted by atomic mass is 35.5. The van der Waals surface area contributed by atoms with Crippen LogP contribution in [0.15, 0.2) is 0 Å². The monoisotopic (exact) mass is 220 g/mol. The van der Waals surface area contributed by atoms with Gasteiger partial charge in [0.15, 0.2) is 0 Å². The maximum absolute atomic E-state index is 11.9. The Hall–Kier alpha value is 0.160. The SMILES string of the molecule is FC(F)(F)[C@](F)(Cl)C(F)(F)Cl. The zero-order chi connectivity index (χ0) is 9.50.